The second-order valence-electron chi connectivity index (χ2n) is 7.59. The van der Waals surface area contributed by atoms with Gasteiger partial charge >= 0.3 is 0 Å². The van der Waals surface area contributed by atoms with Gasteiger partial charge in [-0.25, -0.2) is 18.4 Å². The van der Waals surface area contributed by atoms with E-state index in [-0.39, 0.29) is 16.6 Å². The average molecular weight is 455 g/mol. The van der Waals surface area contributed by atoms with Crippen LogP contribution in [0.5, 0.6) is 5.75 Å². The third-order valence-electron chi connectivity index (χ3n) is 4.65. The maximum atomic E-state index is 12.6. The Hall–Kier alpha value is -3.46. The number of benzene rings is 2. The van der Waals surface area contributed by atoms with Gasteiger partial charge in [0.05, 0.1) is 4.90 Å². The van der Waals surface area contributed by atoms with Gasteiger partial charge in [0.2, 0.25) is 0 Å². The number of aryl methyl sites for hydroxylation is 4. The predicted octanol–water partition coefficient (Wildman–Crippen LogP) is 3.92. The van der Waals surface area contributed by atoms with Crippen LogP contribution in [0.15, 0.2) is 53.4 Å². The van der Waals surface area contributed by atoms with Gasteiger partial charge in [-0.1, -0.05) is 12.1 Å². The number of hydrogen-bond acceptors (Lipinski definition) is 6. The van der Waals surface area contributed by atoms with Gasteiger partial charge in [0.25, 0.3) is 15.9 Å². The first-order chi connectivity index (χ1) is 15.0. The number of sulfonamides is 1. The van der Waals surface area contributed by atoms with Crippen molar-refractivity contribution in [3.63, 3.8) is 0 Å². The van der Waals surface area contributed by atoms with Crippen molar-refractivity contribution in [3.05, 3.63) is 71.2 Å². The van der Waals surface area contributed by atoms with Gasteiger partial charge in [-0.05, 0) is 76.1 Å². The number of carbonyl (C=O) groups excluding carboxylic acids is 1. The molecule has 0 saturated carbocycles. The lowest BCUT2D eigenvalue weighted by atomic mass is 10.1. The highest BCUT2D eigenvalue weighted by Crippen LogP contribution is 2.22. The molecule has 32 heavy (non-hydrogen) atoms. The quantitative estimate of drug-likeness (QED) is 0.560. The molecule has 2 N–H and O–H groups in total. The van der Waals surface area contributed by atoms with Crippen molar-refractivity contribution < 1.29 is 17.9 Å². The van der Waals surface area contributed by atoms with Crippen LogP contribution >= 0.6 is 0 Å². The molecule has 1 amide bonds. The van der Waals surface area contributed by atoms with Crippen molar-refractivity contribution in [1.82, 2.24) is 9.97 Å². The minimum Gasteiger partial charge on any atom is -0.481 e. The Morgan fingerprint density at radius 2 is 1.66 bits per heavy atom. The van der Waals surface area contributed by atoms with Crippen LogP contribution in [-0.4, -0.2) is 30.4 Å². The van der Waals surface area contributed by atoms with E-state index in [9.17, 15) is 13.2 Å². The highest BCUT2D eigenvalue weighted by molar-refractivity contribution is 7.92. The molecule has 0 spiro atoms. The van der Waals surface area contributed by atoms with Crippen LogP contribution in [0, 0.1) is 27.7 Å². The van der Waals surface area contributed by atoms with Crippen LogP contribution in [-0.2, 0) is 14.8 Å². The fraction of sp³-hybridized carbons (Fsp3) is 0.261. The number of hydrogen-bond donors (Lipinski definition) is 2. The minimum atomic E-state index is -3.84. The van der Waals surface area contributed by atoms with E-state index >= 15 is 0 Å². The molecule has 9 heteroatoms. The van der Waals surface area contributed by atoms with Gasteiger partial charge in [-0.2, -0.15) is 0 Å². The third kappa shape index (κ3) is 5.82. The van der Waals surface area contributed by atoms with E-state index in [1.807, 2.05) is 32.0 Å². The van der Waals surface area contributed by atoms with Gasteiger partial charge in [-0.15, -0.1) is 0 Å². The van der Waals surface area contributed by atoms with Crippen molar-refractivity contribution in [1.29, 1.82) is 0 Å². The molecule has 0 aliphatic heterocycles. The molecule has 2 aromatic carbocycles. The summed E-state index contributed by atoms with van der Waals surface area (Å²) in [5.74, 6) is 0.977. The van der Waals surface area contributed by atoms with E-state index in [2.05, 4.69) is 20.0 Å². The number of rotatable bonds is 7. The second-order valence-corrected chi connectivity index (χ2v) is 9.27. The van der Waals surface area contributed by atoms with Crippen LogP contribution in [0.1, 0.15) is 29.6 Å². The van der Waals surface area contributed by atoms with Crippen LogP contribution in [0.25, 0.3) is 0 Å². The number of ether oxygens (including phenoxy) is 1. The molecule has 3 rings (SSSR count). The molecule has 1 unspecified atom stereocenters. The van der Waals surface area contributed by atoms with Gasteiger partial charge in [0, 0.05) is 17.4 Å². The summed E-state index contributed by atoms with van der Waals surface area (Å²) in [4.78, 5) is 20.8. The summed E-state index contributed by atoms with van der Waals surface area (Å²) in [5, 5.41) is 2.74. The number of aromatic nitrogens is 2. The smallest absolute Gasteiger partial charge is 0.265 e. The summed E-state index contributed by atoms with van der Waals surface area (Å²) in [6, 6.07) is 13.2. The minimum absolute atomic E-state index is 0.0455. The lowest BCUT2D eigenvalue weighted by Gasteiger charge is -2.17. The molecular formula is C23H26N4O4S. The largest absolute Gasteiger partial charge is 0.481 e. The molecule has 168 valence electrons. The molecule has 1 heterocycles. The molecular weight excluding hydrogens is 428 g/mol. The maximum Gasteiger partial charge on any atom is 0.265 e. The van der Waals surface area contributed by atoms with E-state index < -0.39 is 16.1 Å². The maximum absolute atomic E-state index is 12.6. The topological polar surface area (TPSA) is 110 Å². The van der Waals surface area contributed by atoms with Crippen LogP contribution in [0.3, 0.4) is 0 Å². The van der Waals surface area contributed by atoms with Crippen LogP contribution < -0.4 is 14.8 Å². The first kappa shape index (κ1) is 23.2. The highest BCUT2D eigenvalue weighted by Gasteiger charge is 2.18. The lowest BCUT2D eigenvalue weighted by molar-refractivity contribution is -0.122. The molecule has 0 bridgehead atoms. The lowest BCUT2D eigenvalue weighted by Crippen LogP contribution is -2.30. The van der Waals surface area contributed by atoms with Crippen molar-refractivity contribution in [2.24, 2.45) is 0 Å². The summed E-state index contributed by atoms with van der Waals surface area (Å²) in [7, 11) is -3.84. The fourth-order valence-corrected chi connectivity index (χ4v) is 4.00. The summed E-state index contributed by atoms with van der Waals surface area (Å²) in [6.07, 6.45) is -0.732. The molecule has 3 aromatic rings. The standard InChI is InChI=1S/C23H26N4O4S/c1-14-6-7-15(2)21(12-14)31-17(4)23(28)26-19-8-10-20(11-9-19)32(29,30)27-22-13-16(3)24-18(5)25-22/h6-13,17H,1-5H3,(H,26,28)(H,24,25,27). The Kier molecular flexibility index (Phi) is 6.78. The van der Waals surface area contributed by atoms with Crippen molar-refractivity contribution in [2.45, 2.75) is 45.6 Å². The van der Waals surface area contributed by atoms with Crippen molar-refractivity contribution in [3.8, 4) is 5.75 Å². The zero-order valence-electron chi connectivity index (χ0n) is 18.6. The van der Waals surface area contributed by atoms with Crippen LogP contribution in [0.4, 0.5) is 11.5 Å². The van der Waals surface area contributed by atoms with E-state index in [4.69, 9.17) is 4.74 Å². The summed E-state index contributed by atoms with van der Waals surface area (Å²) in [6.45, 7) is 8.97. The Balaban J connectivity index is 1.66. The van der Waals surface area contributed by atoms with Gasteiger partial charge in [0.1, 0.15) is 17.4 Å². The number of anilines is 2. The predicted molar refractivity (Wildman–Crippen MR) is 123 cm³/mol. The second kappa shape index (κ2) is 9.35. The molecule has 0 aliphatic rings. The highest BCUT2D eigenvalue weighted by atomic mass is 32.2. The fourth-order valence-electron chi connectivity index (χ4n) is 3.01. The van der Waals surface area contributed by atoms with E-state index in [1.54, 1.807) is 26.8 Å². The van der Waals surface area contributed by atoms with Gasteiger partial charge in [-0.3, -0.25) is 9.52 Å². The zero-order valence-corrected chi connectivity index (χ0v) is 19.4. The Bertz CT molecular complexity index is 1220. The molecule has 8 nitrogen and oxygen atoms in total. The van der Waals surface area contributed by atoms with Gasteiger partial charge < -0.3 is 10.1 Å². The first-order valence-electron chi connectivity index (χ1n) is 10.0. The molecule has 0 radical (unpaired) electrons. The van der Waals surface area contributed by atoms with E-state index in [1.165, 1.54) is 24.3 Å². The number of nitrogens with zero attached hydrogens (tertiary/aromatic N) is 2. The van der Waals surface area contributed by atoms with Crippen molar-refractivity contribution in [2.75, 3.05) is 10.0 Å². The molecule has 1 atom stereocenters. The summed E-state index contributed by atoms with van der Waals surface area (Å²) < 4.78 is 33.5. The molecule has 1 aromatic heterocycles. The molecule has 0 saturated heterocycles. The Labute approximate surface area is 188 Å². The molecule has 0 fully saturated rings. The number of amides is 1. The van der Waals surface area contributed by atoms with Crippen LogP contribution in [0.2, 0.25) is 0 Å². The number of carbonyl (C=O) groups is 1. The van der Waals surface area contributed by atoms with Gasteiger partial charge in [0.15, 0.2) is 6.10 Å². The normalized spacial score (nSPS) is 12.2. The monoisotopic (exact) mass is 454 g/mol. The average Bonchev–Trinajstić information content (AvgIpc) is 2.70. The first-order valence-corrected chi connectivity index (χ1v) is 11.5. The summed E-state index contributed by atoms with van der Waals surface area (Å²) in [5.41, 5.74) is 3.09. The third-order valence-corrected chi connectivity index (χ3v) is 6.02. The zero-order chi connectivity index (χ0) is 23.5. The summed E-state index contributed by atoms with van der Waals surface area (Å²) >= 11 is 0. The van der Waals surface area contributed by atoms with E-state index in [0.29, 0.717) is 23.0 Å². The number of nitrogens with one attached hydrogen (secondary N) is 2. The van der Waals surface area contributed by atoms with Crippen molar-refractivity contribution >= 4 is 27.4 Å². The SMILES string of the molecule is Cc1ccc(C)c(OC(C)C(=O)Nc2ccc(S(=O)(=O)Nc3cc(C)nc(C)n3)cc2)c1. The molecule has 0 aliphatic carbocycles. The Morgan fingerprint density at radius 3 is 2.31 bits per heavy atom. The Morgan fingerprint density at radius 1 is 0.969 bits per heavy atom. The van der Waals surface area contributed by atoms with E-state index in [0.717, 1.165) is 11.1 Å².